The first-order chi connectivity index (χ1) is 13.6. The monoisotopic (exact) mass is 405 g/mol. The summed E-state index contributed by atoms with van der Waals surface area (Å²) in [7, 11) is 0. The standard InChI is InChI=1S/C21H31N3O5/c1-12(29-16(25)4-5-24-18(27)20(2,3)23-19(24)28)17(26)22-21-9-13-6-14(10-21)8-15(7-13)11-21/h12-15H,4-11H2,1-3H3,(H,22,26)(H,23,28)/t12-,13?,14?,15?,21?/m0/s1. The minimum Gasteiger partial charge on any atom is -0.452 e. The smallest absolute Gasteiger partial charge is 0.325 e. The van der Waals surface area contributed by atoms with E-state index in [2.05, 4.69) is 10.6 Å². The Bertz CT molecular complexity index is 711. The molecule has 0 aromatic rings. The van der Waals surface area contributed by atoms with Crippen molar-refractivity contribution in [3.05, 3.63) is 0 Å². The molecule has 0 aromatic carbocycles. The molecule has 4 aliphatic carbocycles. The third kappa shape index (κ3) is 3.85. The molecule has 0 unspecified atom stereocenters. The molecule has 4 amide bonds. The number of carbonyl (C=O) groups is 4. The van der Waals surface area contributed by atoms with Crippen LogP contribution in [0.4, 0.5) is 4.79 Å². The first-order valence-electron chi connectivity index (χ1n) is 10.7. The van der Waals surface area contributed by atoms with Crippen LogP contribution < -0.4 is 10.6 Å². The van der Waals surface area contributed by atoms with E-state index in [-0.39, 0.29) is 30.3 Å². The molecule has 0 radical (unpaired) electrons. The summed E-state index contributed by atoms with van der Waals surface area (Å²) in [6, 6.07) is -0.514. The number of urea groups is 1. The number of nitrogens with zero attached hydrogens (tertiary/aromatic N) is 1. The molecule has 1 aliphatic heterocycles. The van der Waals surface area contributed by atoms with Gasteiger partial charge in [-0.2, -0.15) is 0 Å². The second-order valence-corrected chi connectivity index (χ2v) is 10.1. The Morgan fingerprint density at radius 3 is 2.17 bits per heavy atom. The van der Waals surface area contributed by atoms with E-state index >= 15 is 0 Å². The highest BCUT2D eigenvalue weighted by Crippen LogP contribution is 2.55. The molecule has 2 N–H and O–H groups in total. The number of imide groups is 1. The molecule has 0 aromatic heterocycles. The van der Waals surface area contributed by atoms with Gasteiger partial charge in [0.05, 0.1) is 6.42 Å². The largest absolute Gasteiger partial charge is 0.452 e. The molecular formula is C21H31N3O5. The van der Waals surface area contributed by atoms with Crippen molar-refractivity contribution in [3.8, 4) is 0 Å². The molecule has 4 bridgehead atoms. The van der Waals surface area contributed by atoms with Gasteiger partial charge in [-0.1, -0.05) is 0 Å². The van der Waals surface area contributed by atoms with Gasteiger partial charge in [0.25, 0.3) is 11.8 Å². The SMILES string of the molecule is C[C@H](OC(=O)CCN1C(=O)NC(C)(C)C1=O)C(=O)NC12CC3CC(CC(C3)C1)C2. The third-order valence-corrected chi connectivity index (χ3v) is 7.09. The summed E-state index contributed by atoms with van der Waals surface area (Å²) >= 11 is 0. The average molecular weight is 405 g/mol. The van der Waals surface area contributed by atoms with Crippen LogP contribution >= 0.6 is 0 Å². The van der Waals surface area contributed by atoms with Gasteiger partial charge in [0.2, 0.25) is 0 Å². The number of rotatable bonds is 6. The molecular weight excluding hydrogens is 374 g/mol. The minimum atomic E-state index is -0.966. The van der Waals surface area contributed by atoms with Gasteiger partial charge in [-0.15, -0.1) is 0 Å². The van der Waals surface area contributed by atoms with Gasteiger partial charge in [-0.3, -0.25) is 19.3 Å². The summed E-state index contributed by atoms with van der Waals surface area (Å²) in [6.07, 6.45) is 5.95. The molecule has 8 nitrogen and oxygen atoms in total. The van der Waals surface area contributed by atoms with Crippen LogP contribution in [0.1, 0.15) is 65.7 Å². The van der Waals surface area contributed by atoms with E-state index in [1.54, 1.807) is 20.8 Å². The van der Waals surface area contributed by atoms with Crippen molar-refractivity contribution in [1.82, 2.24) is 15.5 Å². The summed E-state index contributed by atoms with van der Waals surface area (Å²) < 4.78 is 5.29. The third-order valence-electron chi connectivity index (χ3n) is 7.09. The van der Waals surface area contributed by atoms with E-state index in [0.29, 0.717) is 17.8 Å². The number of nitrogens with one attached hydrogen (secondary N) is 2. The number of esters is 1. The van der Waals surface area contributed by atoms with Gasteiger partial charge in [0.15, 0.2) is 6.10 Å². The van der Waals surface area contributed by atoms with Crippen LogP contribution in [-0.4, -0.2) is 52.4 Å². The molecule has 160 valence electrons. The Hall–Kier alpha value is -2.12. The molecule has 1 heterocycles. The Morgan fingerprint density at radius 1 is 1.14 bits per heavy atom. The summed E-state index contributed by atoms with van der Waals surface area (Å²) in [5, 5.41) is 5.78. The van der Waals surface area contributed by atoms with E-state index in [0.717, 1.165) is 24.2 Å². The summed E-state index contributed by atoms with van der Waals surface area (Å²) in [4.78, 5) is 49.9. The highest BCUT2D eigenvalue weighted by atomic mass is 16.5. The average Bonchev–Trinajstić information content (AvgIpc) is 2.78. The molecule has 5 rings (SSSR count). The normalized spacial score (nSPS) is 35.4. The summed E-state index contributed by atoms with van der Waals surface area (Å²) in [6.45, 7) is 4.74. The second kappa shape index (κ2) is 6.99. The zero-order chi connectivity index (χ0) is 21.0. The van der Waals surface area contributed by atoms with Crippen LogP contribution in [0.15, 0.2) is 0 Å². The van der Waals surface area contributed by atoms with Crippen LogP contribution in [-0.2, 0) is 19.1 Å². The lowest BCUT2D eigenvalue weighted by atomic mass is 9.53. The maximum atomic E-state index is 12.7. The first kappa shape index (κ1) is 20.2. The Balaban J connectivity index is 1.26. The summed E-state index contributed by atoms with van der Waals surface area (Å²) in [5.74, 6) is 0.927. The molecule has 4 saturated carbocycles. The van der Waals surface area contributed by atoms with Gasteiger partial charge < -0.3 is 15.4 Å². The van der Waals surface area contributed by atoms with Crippen LogP contribution in [0, 0.1) is 17.8 Å². The molecule has 29 heavy (non-hydrogen) atoms. The maximum absolute atomic E-state index is 12.7. The van der Waals surface area contributed by atoms with Gasteiger partial charge >= 0.3 is 12.0 Å². The topological polar surface area (TPSA) is 105 Å². The number of carbonyl (C=O) groups excluding carboxylic acids is 4. The van der Waals surface area contributed by atoms with Crippen molar-refractivity contribution < 1.29 is 23.9 Å². The van der Waals surface area contributed by atoms with Crippen molar-refractivity contribution in [1.29, 1.82) is 0 Å². The first-order valence-corrected chi connectivity index (χ1v) is 10.7. The van der Waals surface area contributed by atoms with E-state index in [1.807, 2.05) is 0 Å². The zero-order valence-electron chi connectivity index (χ0n) is 17.5. The van der Waals surface area contributed by atoms with E-state index < -0.39 is 23.6 Å². The van der Waals surface area contributed by atoms with Crippen LogP contribution in [0.3, 0.4) is 0 Å². The lowest BCUT2D eigenvalue weighted by Crippen LogP contribution is -2.61. The lowest BCUT2D eigenvalue weighted by molar-refractivity contribution is -0.157. The van der Waals surface area contributed by atoms with Crippen molar-refractivity contribution in [2.45, 2.75) is 82.9 Å². The summed E-state index contributed by atoms with van der Waals surface area (Å²) in [5.41, 5.74) is -1.09. The van der Waals surface area contributed by atoms with E-state index in [9.17, 15) is 19.2 Å². The molecule has 0 spiro atoms. The van der Waals surface area contributed by atoms with Crippen molar-refractivity contribution in [2.75, 3.05) is 6.54 Å². The van der Waals surface area contributed by atoms with Crippen molar-refractivity contribution in [3.63, 3.8) is 0 Å². The highest BCUT2D eigenvalue weighted by Gasteiger charge is 2.52. The van der Waals surface area contributed by atoms with Gasteiger partial charge in [-0.25, -0.2) is 4.79 Å². The molecule has 8 heteroatoms. The minimum absolute atomic E-state index is 0.0593. The number of amides is 4. The van der Waals surface area contributed by atoms with Crippen LogP contribution in [0.25, 0.3) is 0 Å². The van der Waals surface area contributed by atoms with E-state index in [1.165, 1.54) is 19.3 Å². The molecule has 5 fully saturated rings. The number of hydrogen-bond acceptors (Lipinski definition) is 5. The van der Waals surface area contributed by atoms with Gasteiger partial charge in [0, 0.05) is 12.1 Å². The van der Waals surface area contributed by atoms with Gasteiger partial charge in [-0.05, 0) is 77.0 Å². The fraction of sp³-hybridized carbons (Fsp3) is 0.810. The lowest BCUT2D eigenvalue weighted by Gasteiger charge is -2.57. The predicted octanol–water partition coefficient (Wildman–Crippen LogP) is 1.72. The highest BCUT2D eigenvalue weighted by molar-refractivity contribution is 6.06. The maximum Gasteiger partial charge on any atom is 0.325 e. The Labute approximate surface area is 171 Å². The molecule has 1 atom stereocenters. The van der Waals surface area contributed by atoms with Gasteiger partial charge in [0.1, 0.15) is 5.54 Å². The predicted molar refractivity (Wildman–Crippen MR) is 104 cm³/mol. The molecule has 5 aliphatic rings. The van der Waals surface area contributed by atoms with Crippen LogP contribution in [0.2, 0.25) is 0 Å². The number of ether oxygens (including phenoxy) is 1. The second-order valence-electron chi connectivity index (χ2n) is 10.1. The van der Waals surface area contributed by atoms with Crippen LogP contribution in [0.5, 0.6) is 0 Å². The van der Waals surface area contributed by atoms with Crippen molar-refractivity contribution >= 4 is 23.8 Å². The molecule has 1 saturated heterocycles. The fourth-order valence-electron chi connectivity index (χ4n) is 6.16. The van der Waals surface area contributed by atoms with Crippen molar-refractivity contribution in [2.24, 2.45) is 17.8 Å². The number of hydrogen-bond donors (Lipinski definition) is 2. The Morgan fingerprint density at radius 2 is 1.69 bits per heavy atom. The zero-order valence-corrected chi connectivity index (χ0v) is 17.5. The quantitative estimate of drug-likeness (QED) is 0.517. The van der Waals surface area contributed by atoms with E-state index in [4.69, 9.17) is 4.74 Å². The Kier molecular flexibility index (Phi) is 4.86. The fourth-order valence-corrected chi connectivity index (χ4v) is 6.16.